The van der Waals surface area contributed by atoms with Crippen LogP contribution in [0.4, 0.5) is 0 Å². The number of rotatable bonds is 11. The van der Waals surface area contributed by atoms with Gasteiger partial charge in [-0.2, -0.15) is 0 Å². The first-order chi connectivity index (χ1) is 9.70. The molecule has 0 radical (unpaired) electrons. The third-order valence-corrected chi connectivity index (χ3v) is 2.71. The fraction of sp³-hybridized carbons (Fsp3) is 0.562. The van der Waals surface area contributed by atoms with E-state index in [2.05, 4.69) is 0 Å². The molecule has 0 aromatic rings. The summed E-state index contributed by atoms with van der Waals surface area (Å²) in [6, 6.07) is 0. The van der Waals surface area contributed by atoms with Crippen molar-refractivity contribution in [1.29, 1.82) is 0 Å². The van der Waals surface area contributed by atoms with Gasteiger partial charge in [-0.3, -0.25) is 4.79 Å². The Kier molecular flexibility index (Phi) is 12.7. The third kappa shape index (κ3) is 12.8. The van der Waals surface area contributed by atoms with E-state index in [9.17, 15) is 9.59 Å². The van der Waals surface area contributed by atoms with E-state index in [-0.39, 0.29) is 5.97 Å². The van der Waals surface area contributed by atoms with Gasteiger partial charge in [-0.1, -0.05) is 37.8 Å². The fourth-order valence-corrected chi connectivity index (χ4v) is 1.76. The molecule has 0 saturated carbocycles. The summed E-state index contributed by atoms with van der Waals surface area (Å²) in [5.74, 6) is 1.96. The number of hydrogen-bond acceptors (Lipinski definition) is 4. The molecule has 4 nitrogen and oxygen atoms in total. The van der Waals surface area contributed by atoms with E-state index in [1.807, 2.05) is 0 Å². The first-order valence-electron chi connectivity index (χ1n) is 7.16. The van der Waals surface area contributed by atoms with E-state index in [1.165, 1.54) is 32.3 Å². The molecule has 0 bridgehead atoms. The molecule has 4 heteroatoms. The molecule has 0 spiro atoms. The lowest BCUT2D eigenvalue weighted by molar-refractivity contribution is -0.137. The summed E-state index contributed by atoms with van der Waals surface area (Å²) in [4.78, 5) is 21.0. The number of unbranched alkanes of at least 4 members (excludes halogenated alkanes) is 5. The van der Waals surface area contributed by atoms with Crippen molar-refractivity contribution in [1.82, 2.24) is 0 Å². The Bertz CT molecular complexity index is 366. The lowest BCUT2D eigenvalue weighted by atomic mass is 10.1. The van der Waals surface area contributed by atoms with Gasteiger partial charge in [0.25, 0.3) is 0 Å². The van der Waals surface area contributed by atoms with Gasteiger partial charge >= 0.3 is 5.97 Å². The Morgan fingerprint density at radius 1 is 1.10 bits per heavy atom. The Labute approximate surface area is 121 Å². The average Bonchev–Trinajstić information content (AvgIpc) is 2.41. The van der Waals surface area contributed by atoms with Crippen LogP contribution < -0.4 is 5.73 Å². The number of hydrogen-bond donors (Lipinski definition) is 1. The summed E-state index contributed by atoms with van der Waals surface area (Å²) < 4.78 is 5.12. The predicted molar refractivity (Wildman–Crippen MR) is 80.6 cm³/mol. The monoisotopic (exact) mass is 279 g/mol. The number of carbonyl (C=O) groups is 1. The van der Waals surface area contributed by atoms with Gasteiger partial charge in [0.1, 0.15) is 11.7 Å². The van der Waals surface area contributed by atoms with Crippen molar-refractivity contribution in [3.63, 3.8) is 0 Å². The maximum Gasteiger partial charge on any atom is 0.307 e. The van der Waals surface area contributed by atoms with E-state index >= 15 is 0 Å². The summed E-state index contributed by atoms with van der Waals surface area (Å²) in [5, 5.41) is 0. The first-order valence-corrected chi connectivity index (χ1v) is 7.16. The number of esters is 1. The van der Waals surface area contributed by atoms with Gasteiger partial charge in [0.05, 0.1) is 0 Å². The largest absolute Gasteiger partial charge is 0.431 e. The minimum Gasteiger partial charge on any atom is -0.431 e. The Hall–Kier alpha value is -1.64. The summed E-state index contributed by atoms with van der Waals surface area (Å²) in [6.07, 6.45) is 13.7. The second-order valence-corrected chi connectivity index (χ2v) is 4.56. The van der Waals surface area contributed by atoms with Crippen molar-refractivity contribution in [2.75, 3.05) is 6.54 Å². The molecule has 0 aliphatic carbocycles. The Morgan fingerprint density at radius 3 is 2.35 bits per heavy atom. The normalized spacial score (nSPS) is 11.4. The van der Waals surface area contributed by atoms with Crippen LogP contribution in [0.1, 0.15) is 51.9 Å². The van der Waals surface area contributed by atoms with E-state index in [1.54, 1.807) is 24.2 Å². The first kappa shape index (κ1) is 18.4. The smallest absolute Gasteiger partial charge is 0.307 e. The van der Waals surface area contributed by atoms with Crippen LogP contribution in [0.15, 0.2) is 30.1 Å². The number of allylic oxidation sites excluding steroid dienone is 5. The van der Waals surface area contributed by atoms with Gasteiger partial charge in [-0.05, 0) is 25.5 Å². The number of nitrogens with two attached hydrogens (primary N) is 1. The fourth-order valence-electron chi connectivity index (χ4n) is 1.76. The molecular weight excluding hydrogens is 254 g/mol. The summed E-state index contributed by atoms with van der Waals surface area (Å²) >= 11 is 0. The standard InChI is InChI=1S/C16H25NO3/c1-15(19)20-16(12-8-6-10-14-18)11-7-4-2-3-5-9-13-17/h6,8,10,12H,2-5,7,9,11,13,17H2,1H3/b8-6-,16-12+. The van der Waals surface area contributed by atoms with Gasteiger partial charge < -0.3 is 10.5 Å². The molecule has 0 aromatic carbocycles. The Balaban J connectivity index is 3.98. The maximum atomic E-state index is 11.0. The van der Waals surface area contributed by atoms with Crippen LogP contribution in [0.5, 0.6) is 0 Å². The molecular formula is C16H25NO3. The van der Waals surface area contributed by atoms with Crippen molar-refractivity contribution >= 4 is 11.9 Å². The Morgan fingerprint density at radius 2 is 1.75 bits per heavy atom. The minimum atomic E-state index is -0.321. The molecule has 0 aromatic heterocycles. The second-order valence-electron chi connectivity index (χ2n) is 4.56. The highest BCUT2D eigenvalue weighted by Gasteiger charge is 2.01. The van der Waals surface area contributed by atoms with Gasteiger partial charge in [-0.25, -0.2) is 4.79 Å². The van der Waals surface area contributed by atoms with E-state index in [0.717, 1.165) is 32.2 Å². The molecule has 2 N–H and O–H groups in total. The van der Waals surface area contributed by atoms with Crippen LogP contribution in [-0.4, -0.2) is 18.5 Å². The molecule has 112 valence electrons. The second kappa shape index (κ2) is 13.8. The molecule has 0 atom stereocenters. The predicted octanol–water partition coefficient (Wildman–Crippen LogP) is 3.07. The summed E-state index contributed by atoms with van der Waals surface area (Å²) in [7, 11) is 0. The summed E-state index contributed by atoms with van der Waals surface area (Å²) in [5.41, 5.74) is 5.43. The van der Waals surface area contributed by atoms with Crippen molar-refractivity contribution in [2.24, 2.45) is 5.73 Å². The SMILES string of the molecule is CC(=O)O/C(=C/C=C\C=C=O)CCCCCCCCN. The van der Waals surface area contributed by atoms with Gasteiger partial charge in [-0.15, -0.1) is 0 Å². The van der Waals surface area contributed by atoms with Crippen LogP contribution >= 0.6 is 0 Å². The highest BCUT2D eigenvalue weighted by atomic mass is 16.5. The highest BCUT2D eigenvalue weighted by Crippen LogP contribution is 2.13. The molecule has 0 rings (SSSR count). The van der Waals surface area contributed by atoms with Gasteiger partial charge in [0.15, 0.2) is 0 Å². The highest BCUT2D eigenvalue weighted by molar-refractivity contribution is 5.67. The van der Waals surface area contributed by atoms with E-state index in [0.29, 0.717) is 5.76 Å². The molecule has 0 aliphatic rings. The zero-order chi connectivity index (χ0) is 15.1. The topological polar surface area (TPSA) is 69.4 Å². The molecule has 20 heavy (non-hydrogen) atoms. The molecule has 0 heterocycles. The lowest BCUT2D eigenvalue weighted by Crippen LogP contribution is -1.99. The van der Waals surface area contributed by atoms with E-state index in [4.69, 9.17) is 10.5 Å². The van der Waals surface area contributed by atoms with Crippen LogP contribution in [0, 0.1) is 0 Å². The number of carbonyl (C=O) groups excluding carboxylic acids is 2. The van der Waals surface area contributed by atoms with Gasteiger partial charge in [0.2, 0.25) is 0 Å². The third-order valence-electron chi connectivity index (χ3n) is 2.71. The quantitative estimate of drug-likeness (QED) is 0.207. The minimum absolute atomic E-state index is 0.321. The maximum absolute atomic E-state index is 11.0. The van der Waals surface area contributed by atoms with Crippen LogP contribution in [-0.2, 0) is 14.3 Å². The van der Waals surface area contributed by atoms with Crippen LogP contribution in [0.2, 0.25) is 0 Å². The van der Waals surface area contributed by atoms with E-state index < -0.39 is 0 Å². The summed E-state index contributed by atoms with van der Waals surface area (Å²) in [6.45, 7) is 2.15. The molecule has 0 fully saturated rings. The number of ether oxygens (including phenoxy) is 1. The zero-order valence-electron chi connectivity index (χ0n) is 12.3. The van der Waals surface area contributed by atoms with Crippen molar-refractivity contribution in [2.45, 2.75) is 51.9 Å². The van der Waals surface area contributed by atoms with Gasteiger partial charge in [0, 0.05) is 19.4 Å². The molecule has 0 amide bonds. The van der Waals surface area contributed by atoms with Crippen molar-refractivity contribution in [3.05, 3.63) is 30.1 Å². The lowest BCUT2D eigenvalue weighted by Gasteiger charge is -2.06. The average molecular weight is 279 g/mol. The molecule has 0 aliphatic heterocycles. The van der Waals surface area contributed by atoms with Crippen molar-refractivity contribution < 1.29 is 14.3 Å². The molecule has 0 unspecified atom stereocenters. The van der Waals surface area contributed by atoms with Crippen molar-refractivity contribution in [3.8, 4) is 0 Å². The van der Waals surface area contributed by atoms with Crippen LogP contribution in [0.3, 0.4) is 0 Å². The van der Waals surface area contributed by atoms with Crippen LogP contribution in [0.25, 0.3) is 0 Å². The zero-order valence-corrected chi connectivity index (χ0v) is 12.3. The molecule has 0 saturated heterocycles.